The zero-order valence-corrected chi connectivity index (χ0v) is 15.4. The molecule has 0 radical (unpaired) electrons. The second-order valence-corrected chi connectivity index (χ2v) is 6.25. The van der Waals surface area contributed by atoms with Gasteiger partial charge in [-0.25, -0.2) is 10.2 Å². The van der Waals surface area contributed by atoms with E-state index in [1.165, 1.54) is 63.8 Å². The molecule has 140 valence electrons. The maximum absolute atomic E-state index is 11.7. The van der Waals surface area contributed by atoms with Crippen LogP contribution in [0.25, 0.3) is 0 Å². The van der Waals surface area contributed by atoms with Crippen LogP contribution in [0, 0.1) is 0 Å². The van der Waals surface area contributed by atoms with E-state index in [-0.39, 0.29) is 5.91 Å². The molecule has 0 atom stereocenters. The van der Waals surface area contributed by atoms with E-state index in [1.807, 2.05) is 0 Å². The zero-order valence-electron chi connectivity index (χ0n) is 15.4. The first-order valence-corrected chi connectivity index (χ1v) is 9.48. The highest BCUT2D eigenvalue weighted by Crippen LogP contribution is 2.10. The van der Waals surface area contributed by atoms with Crippen molar-refractivity contribution >= 4 is 11.9 Å². The molecule has 0 aromatic carbocycles. The molecule has 0 fully saturated rings. The summed E-state index contributed by atoms with van der Waals surface area (Å²) in [6.07, 6.45) is 15.7. The number of hydrogen-bond donors (Lipinski definition) is 3. The third-order valence-electron chi connectivity index (χ3n) is 4.05. The molecule has 0 aliphatic rings. The van der Waals surface area contributed by atoms with Crippen LogP contribution >= 0.6 is 0 Å². The Kier molecular flexibility index (Phi) is 11.9. The SMILES string of the molecule is CCCCCCCCCCCCNC(=O)NNC(=O)c1ccncc1. The summed E-state index contributed by atoms with van der Waals surface area (Å²) in [6, 6.07) is 2.77. The Bertz CT molecular complexity index is 480. The van der Waals surface area contributed by atoms with Crippen LogP contribution in [0.15, 0.2) is 24.5 Å². The monoisotopic (exact) mass is 348 g/mol. The number of pyridine rings is 1. The molecule has 1 rings (SSSR count). The fourth-order valence-corrected chi connectivity index (χ4v) is 2.55. The highest BCUT2D eigenvalue weighted by molar-refractivity contribution is 5.95. The predicted molar refractivity (Wildman–Crippen MR) is 100 cm³/mol. The Labute approximate surface area is 151 Å². The molecule has 0 bridgehead atoms. The van der Waals surface area contributed by atoms with Gasteiger partial charge in [0, 0.05) is 24.5 Å². The van der Waals surface area contributed by atoms with Crippen LogP contribution in [0.1, 0.15) is 81.5 Å². The highest BCUT2D eigenvalue weighted by Gasteiger charge is 2.05. The van der Waals surface area contributed by atoms with Gasteiger partial charge in [-0.1, -0.05) is 64.7 Å². The average molecular weight is 348 g/mol. The van der Waals surface area contributed by atoms with Gasteiger partial charge in [0.05, 0.1) is 0 Å². The first-order chi connectivity index (χ1) is 12.2. The Hall–Kier alpha value is -2.11. The van der Waals surface area contributed by atoms with Gasteiger partial charge < -0.3 is 5.32 Å². The van der Waals surface area contributed by atoms with Crippen LogP contribution < -0.4 is 16.2 Å². The number of carbonyl (C=O) groups is 2. The molecular formula is C19H32N4O2. The van der Waals surface area contributed by atoms with Crippen molar-refractivity contribution in [3.05, 3.63) is 30.1 Å². The summed E-state index contributed by atoms with van der Waals surface area (Å²) in [7, 11) is 0. The van der Waals surface area contributed by atoms with Gasteiger partial charge in [-0.15, -0.1) is 0 Å². The standard InChI is InChI=1S/C19H32N4O2/c1-2-3-4-5-6-7-8-9-10-11-14-21-19(25)23-22-18(24)17-12-15-20-16-13-17/h12-13,15-16H,2-11,14H2,1H3,(H,22,24)(H2,21,23,25). The van der Waals surface area contributed by atoms with Crippen LogP contribution in [0.5, 0.6) is 0 Å². The Balaban J connectivity index is 1.91. The van der Waals surface area contributed by atoms with Crippen molar-refractivity contribution in [1.82, 2.24) is 21.2 Å². The molecule has 0 saturated carbocycles. The number of nitrogens with zero attached hydrogens (tertiary/aromatic N) is 1. The molecule has 6 nitrogen and oxygen atoms in total. The van der Waals surface area contributed by atoms with E-state index < -0.39 is 6.03 Å². The van der Waals surface area contributed by atoms with Crippen LogP contribution in [0.2, 0.25) is 0 Å². The topological polar surface area (TPSA) is 83.1 Å². The number of hydrogen-bond acceptors (Lipinski definition) is 3. The lowest BCUT2D eigenvalue weighted by atomic mass is 10.1. The van der Waals surface area contributed by atoms with Gasteiger partial charge in [0.25, 0.3) is 5.91 Å². The molecule has 3 N–H and O–H groups in total. The van der Waals surface area contributed by atoms with E-state index in [0.717, 1.165) is 12.8 Å². The third-order valence-corrected chi connectivity index (χ3v) is 4.05. The summed E-state index contributed by atoms with van der Waals surface area (Å²) in [5.41, 5.74) is 5.16. The number of urea groups is 1. The van der Waals surface area contributed by atoms with Gasteiger partial charge in [0.2, 0.25) is 0 Å². The van der Waals surface area contributed by atoms with Gasteiger partial charge in [-0.2, -0.15) is 0 Å². The fourth-order valence-electron chi connectivity index (χ4n) is 2.55. The minimum atomic E-state index is -0.390. The number of amides is 3. The summed E-state index contributed by atoms with van der Waals surface area (Å²) >= 11 is 0. The Morgan fingerprint density at radius 2 is 1.40 bits per heavy atom. The van der Waals surface area contributed by atoms with Crippen molar-refractivity contribution in [3.63, 3.8) is 0 Å². The van der Waals surface area contributed by atoms with Crippen molar-refractivity contribution in [1.29, 1.82) is 0 Å². The quantitative estimate of drug-likeness (QED) is 0.395. The largest absolute Gasteiger partial charge is 0.337 e. The Morgan fingerprint density at radius 3 is 2.00 bits per heavy atom. The lowest BCUT2D eigenvalue weighted by molar-refractivity contribution is 0.0936. The van der Waals surface area contributed by atoms with Crippen molar-refractivity contribution in [2.45, 2.75) is 71.1 Å². The molecule has 3 amide bonds. The number of rotatable bonds is 12. The molecule has 0 spiro atoms. The number of unbranched alkanes of at least 4 members (excludes halogenated alkanes) is 9. The first kappa shape index (κ1) is 20.9. The molecule has 1 aromatic rings. The van der Waals surface area contributed by atoms with Crippen molar-refractivity contribution < 1.29 is 9.59 Å². The predicted octanol–water partition coefficient (Wildman–Crippen LogP) is 3.95. The minimum absolute atomic E-state index is 0.364. The summed E-state index contributed by atoms with van der Waals surface area (Å²) in [5.74, 6) is -0.364. The lowest BCUT2D eigenvalue weighted by Crippen LogP contribution is -2.47. The van der Waals surface area contributed by atoms with Crippen LogP contribution in [0.4, 0.5) is 4.79 Å². The molecule has 1 aromatic heterocycles. The highest BCUT2D eigenvalue weighted by atomic mass is 16.2. The molecule has 6 heteroatoms. The summed E-state index contributed by atoms with van der Waals surface area (Å²) in [5, 5.41) is 2.74. The minimum Gasteiger partial charge on any atom is -0.337 e. The van der Waals surface area contributed by atoms with E-state index in [4.69, 9.17) is 0 Å². The lowest BCUT2D eigenvalue weighted by Gasteiger charge is -2.09. The van der Waals surface area contributed by atoms with E-state index >= 15 is 0 Å². The van der Waals surface area contributed by atoms with Crippen molar-refractivity contribution in [2.24, 2.45) is 0 Å². The average Bonchev–Trinajstić information content (AvgIpc) is 2.65. The number of aromatic nitrogens is 1. The number of nitrogens with one attached hydrogen (secondary N) is 3. The van der Waals surface area contributed by atoms with E-state index in [2.05, 4.69) is 28.1 Å². The van der Waals surface area contributed by atoms with Crippen molar-refractivity contribution in [3.8, 4) is 0 Å². The van der Waals surface area contributed by atoms with Gasteiger partial charge in [-0.05, 0) is 18.6 Å². The van der Waals surface area contributed by atoms with Gasteiger partial charge >= 0.3 is 6.03 Å². The second kappa shape index (κ2) is 14.3. The van der Waals surface area contributed by atoms with Crippen LogP contribution in [-0.4, -0.2) is 23.5 Å². The summed E-state index contributed by atoms with van der Waals surface area (Å²) in [4.78, 5) is 27.2. The van der Waals surface area contributed by atoms with Gasteiger partial charge in [-0.3, -0.25) is 15.2 Å². The molecule has 25 heavy (non-hydrogen) atoms. The first-order valence-electron chi connectivity index (χ1n) is 9.48. The molecular weight excluding hydrogens is 316 g/mol. The molecule has 0 aliphatic heterocycles. The zero-order chi connectivity index (χ0) is 18.2. The van der Waals surface area contributed by atoms with Crippen LogP contribution in [-0.2, 0) is 0 Å². The fraction of sp³-hybridized carbons (Fsp3) is 0.632. The Morgan fingerprint density at radius 1 is 0.840 bits per heavy atom. The number of carbonyl (C=O) groups excluding carboxylic acids is 2. The van der Waals surface area contributed by atoms with E-state index in [0.29, 0.717) is 12.1 Å². The molecule has 0 unspecified atom stereocenters. The second-order valence-electron chi connectivity index (χ2n) is 6.25. The third kappa shape index (κ3) is 11.1. The smallest absolute Gasteiger partial charge is 0.333 e. The maximum atomic E-state index is 11.7. The van der Waals surface area contributed by atoms with Gasteiger partial charge in [0.15, 0.2) is 0 Å². The van der Waals surface area contributed by atoms with Gasteiger partial charge in [0.1, 0.15) is 0 Å². The molecule has 0 saturated heterocycles. The van der Waals surface area contributed by atoms with E-state index in [9.17, 15) is 9.59 Å². The van der Waals surface area contributed by atoms with Crippen LogP contribution in [0.3, 0.4) is 0 Å². The molecule has 1 heterocycles. The maximum Gasteiger partial charge on any atom is 0.333 e. The number of hydrazine groups is 1. The molecule has 0 aliphatic carbocycles. The van der Waals surface area contributed by atoms with E-state index in [1.54, 1.807) is 12.1 Å². The summed E-state index contributed by atoms with van der Waals surface area (Å²) < 4.78 is 0. The normalized spacial score (nSPS) is 10.3. The summed E-state index contributed by atoms with van der Waals surface area (Å²) in [6.45, 7) is 2.86. The van der Waals surface area contributed by atoms with Crippen molar-refractivity contribution in [2.75, 3.05) is 6.54 Å².